The SMILES string of the molecule is O=C1[C@@H]2[C@@H](CC(COc3ccccc3)=C3[C@@H](CC/C(=C/c4ccccc4O)c4ccccn4)OC[C@@H]32)C(=O)N1c1cccc(B(O)O)c1. The molecule has 4 aromatic rings. The number of nitrogens with zero attached hydrogens (tertiary/aromatic N) is 2. The topological polar surface area (TPSA) is 129 Å². The number of phenols is 1. The summed E-state index contributed by atoms with van der Waals surface area (Å²) >= 11 is 0. The number of pyridine rings is 1. The normalized spacial score (nSPS) is 22.1. The van der Waals surface area contributed by atoms with Gasteiger partial charge in [0.15, 0.2) is 0 Å². The molecule has 4 atom stereocenters. The van der Waals surface area contributed by atoms with E-state index in [2.05, 4.69) is 4.98 Å². The van der Waals surface area contributed by atoms with E-state index in [1.165, 1.54) is 17.0 Å². The van der Waals surface area contributed by atoms with Crippen molar-refractivity contribution in [2.45, 2.75) is 25.4 Å². The molecule has 2 aliphatic heterocycles. The van der Waals surface area contributed by atoms with Gasteiger partial charge in [0.1, 0.15) is 18.1 Å². The van der Waals surface area contributed by atoms with Gasteiger partial charge in [-0.3, -0.25) is 19.5 Å². The minimum Gasteiger partial charge on any atom is -0.507 e. The van der Waals surface area contributed by atoms with Gasteiger partial charge in [-0.1, -0.05) is 54.6 Å². The molecule has 242 valence electrons. The number of hydrogen-bond donors (Lipinski definition) is 3. The largest absolute Gasteiger partial charge is 0.507 e. The third-order valence-corrected chi connectivity index (χ3v) is 9.53. The molecule has 3 heterocycles. The first-order valence-electron chi connectivity index (χ1n) is 16.1. The maximum atomic E-state index is 14.1. The highest BCUT2D eigenvalue weighted by atomic mass is 16.5. The van der Waals surface area contributed by atoms with E-state index >= 15 is 0 Å². The molecule has 2 fully saturated rings. The molecule has 0 spiro atoms. The number of amides is 2. The van der Waals surface area contributed by atoms with E-state index in [0.717, 1.165) is 22.4 Å². The molecule has 0 radical (unpaired) electrons. The smallest absolute Gasteiger partial charge is 0.488 e. The quantitative estimate of drug-likeness (QED) is 0.132. The summed E-state index contributed by atoms with van der Waals surface area (Å²) in [6.45, 7) is 0.549. The molecular formula is C38H35BN2O7. The van der Waals surface area contributed by atoms with E-state index in [0.29, 0.717) is 42.9 Å². The number of carbonyl (C=O) groups excluding carboxylic acids is 2. The lowest BCUT2D eigenvalue weighted by Crippen LogP contribution is -2.36. The van der Waals surface area contributed by atoms with Crippen LogP contribution < -0.4 is 15.1 Å². The van der Waals surface area contributed by atoms with Crippen LogP contribution in [0.5, 0.6) is 11.5 Å². The van der Waals surface area contributed by atoms with Crippen LogP contribution in [0.1, 0.15) is 30.5 Å². The van der Waals surface area contributed by atoms with Gasteiger partial charge in [0, 0.05) is 17.7 Å². The molecule has 1 aromatic heterocycles. The van der Waals surface area contributed by atoms with Crippen LogP contribution in [0.25, 0.3) is 11.6 Å². The summed E-state index contributed by atoms with van der Waals surface area (Å²) < 4.78 is 12.7. The number of fused-ring (bicyclic) bond motifs is 3. The van der Waals surface area contributed by atoms with E-state index in [9.17, 15) is 24.7 Å². The van der Waals surface area contributed by atoms with E-state index in [-0.39, 0.29) is 41.7 Å². The second kappa shape index (κ2) is 13.6. The highest BCUT2D eigenvalue weighted by Gasteiger charge is 2.57. The van der Waals surface area contributed by atoms with Crippen LogP contribution in [0.15, 0.2) is 114 Å². The third-order valence-electron chi connectivity index (χ3n) is 9.53. The van der Waals surface area contributed by atoms with Crippen molar-refractivity contribution in [2.24, 2.45) is 17.8 Å². The Kier molecular flexibility index (Phi) is 8.95. The standard InChI is InChI=1S/C38H35BN2O7/c42-33-15-5-4-9-25(33)19-24(32-14-6-7-18-40-32)16-17-34-35-26(22-47-29-12-2-1-3-13-29)20-30-36(31(35)23-48-34)38(44)41(37(30)43)28-11-8-10-27(21-28)39(45)46/h1-15,18-19,21,30-31,34,36,42,45-46H,16-17,20,22-23H2/b24-19-/t30-,31+,34-,36-/m1/s1. The number of aromatic hydroxyl groups is 1. The second-order valence-electron chi connectivity index (χ2n) is 12.4. The van der Waals surface area contributed by atoms with Gasteiger partial charge < -0.3 is 24.6 Å². The van der Waals surface area contributed by atoms with Crippen LogP contribution in [0.4, 0.5) is 5.69 Å². The lowest BCUT2D eigenvalue weighted by Gasteiger charge is -2.31. The van der Waals surface area contributed by atoms with E-state index in [4.69, 9.17) is 9.47 Å². The fourth-order valence-corrected chi connectivity index (χ4v) is 7.28. The molecular weight excluding hydrogens is 607 g/mol. The third kappa shape index (κ3) is 6.17. The molecule has 48 heavy (non-hydrogen) atoms. The molecule has 0 bridgehead atoms. The summed E-state index contributed by atoms with van der Waals surface area (Å²) in [5.74, 6) is -1.23. The Morgan fingerprint density at radius 1 is 0.938 bits per heavy atom. The monoisotopic (exact) mass is 642 g/mol. The first-order valence-corrected chi connectivity index (χ1v) is 16.1. The first kappa shape index (κ1) is 31.6. The van der Waals surface area contributed by atoms with Crippen molar-refractivity contribution in [1.82, 2.24) is 4.98 Å². The summed E-state index contributed by atoms with van der Waals surface area (Å²) in [6, 6.07) is 28.6. The van der Waals surface area contributed by atoms with Gasteiger partial charge in [-0.15, -0.1) is 0 Å². The molecule has 2 amide bonds. The number of ether oxygens (including phenoxy) is 2. The fraction of sp³-hybridized carbons (Fsp3) is 0.237. The summed E-state index contributed by atoms with van der Waals surface area (Å²) in [5, 5.41) is 30.0. The van der Waals surface area contributed by atoms with Gasteiger partial charge in [-0.2, -0.15) is 0 Å². The molecule has 3 aromatic carbocycles. The van der Waals surface area contributed by atoms with Crippen LogP contribution >= 0.6 is 0 Å². The number of aromatic nitrogens is 1. The molecule has 9 nitrogen and oxygen atoms in total. The van der Waals surface area contributed by atoms with Crippen molar-refractivity contribution in [3.05, 3.63) is 126 Å². The zero-order valence-corrected chi connectivity index (χ0v) is 26.2. The zero-order chi connectivity index (χ0) is 33.2. The highest BCUT2D eigenvalue weighted by Crippen LogP contribution is 2.50. The summed E-state index contributed by atoms with van der Waals surface area (Å²) in [7, 11) is -1.73. The van der Waals surface area contributed by atoms with Gasteiger partial charge >= 0.3 is 7.12 Å². The number of imide groups is 1. The number of hydrogen-bond acceptors (Lipinski definition) is 8. The Balaban J connectivity index is 1.20. The summed E-state index contributed by atoms with van der Waals surface area (Å²) in [5.41, 5.74) is 4.90. The molecule has 3 aliphatic rings. The molecule has 1 aliphatic carbocycles. The van der Waals surface area contributed by atoms with Gasteiger partial charge in [-0.25, -0.2) is 0 Å². The van der Waals surface area contributed by atoms with Gasteiger partial charge in [0.05, 0.1) is 35.9 Å². The van der Waals surface area contributed by atoms with Gasteiger partial charge in [0.25, 0.3) is 0 Å². The van der Waals surface area contributed by atoms with Crippen molar-refractivity contribution in [3.63, 3.8) is 0 Å². The van der Waals surface area contributed by atoms with Crippen LogP contribution in [-0.2, 0) is 14.3 Å². The van der Waals surface area contributed by atoms with Crippen molar-refractivity contribution < 1.29 is 34.2 Å². The average Bonchev–Trinajstić information content (AvgIpc) is 3.64. The van der Waals surface area contributed by atoms with Crippen LogP contribution in [-0.4, -0.2) is 58.4 Å². The number of rotatable bonds is 10. The molecule has 0 unspecified atom stereocenters. The lowest BCUT2D eigenvalue weighted by atomic mass is 9.69. The predicted octanol–water partition coefficient (Wildman–Crippen LogP) is 4.39. The number of para-hydroxylation sites is 2. The zero-order valence-electron chi connectivity index (χ0n) is 26.2. The van der Waals surface area contributed by atoms with Crippen LogP contribution in [0, 0.1) is 17.8 Å². The van der Waals surface area contributed by atoms with E-state index in [1.54, 1.807) is 30.5 Å². The number of phenolic OH excluding ortho intramolecular Hbond substituents is 1. The Morgan fingerprint density at radius 3 is 2.50 bits per heavy atom. The van der Waals surface area contributed by atoms with Crippen LogP contribution in [0.2, 0.25) is 0 Å². The Morgan fingerprint density at radius 2 is 1.73 bits per heavy atom. The minimum absolute atomic E-state index is 0.178. The number of anilines is 1. The number of allylic oxidation sites excluding steroid dienone is 1. The maximum Gasteiger partial charge on any atom is 0.488 e. The summed E-state index contributed by atoms with van der Waals surface area (Å²) in [4.78, 5) is 33.8. The van der Waals surface area contributed by atoms with Gasteiger partial charge in [0.2, 0.25) is 11.8 Å². The van der Waals surface area contributed by atoms with E-state index < -0.39 is 19.0 Å². The second-order valence-corrected chi connectivity index (χ2v) is 12.4. The summed E-state index contributed by atoms with van der Waals surface area (Å²) in [6.07, 6.45) is 4.91. The van der Waals surface area contributed by atoms with E-state index in [1.807, 2.05) is 66.7 Å². The Bertz CT molecular complexity index is 1880. The van der Waals surface area contributed by atoms with Crippen molar-refractivity contribution in [1.29, 1.82) is 0 Å². The molecule has 7 rings (SSSR count). The van der Waals surface area contributed by atoms with Crippen LogP contribution in [0.3, 0.4) is 0 Å². The number of benzene rings is 3. The Labute approximate surface area is 278 Å². The lowest BCUT2D eigenvalue weighted by molar-refractivity contribution is -0.122. The van der Waals surface area contributed by atoms with Crippen molar-refractivity contribution >= 4 is 41.7 Å². The highest BCUT2D eigenvalue weighted by molar-refractivity contribution is 6.58. The predicted molar refractivity (Wildman–Crippen MR) is 182 cm³/mol. The fourth-order valence-electron chi connectivity index (χ4n) is 7.28. The average molecular weight is 643 g/mol. The molecule has 0 saturated carbocycles. The molecule has 10 heteroatoms. The van der Waals surface area contributed by atoms with Crippen molar-refractivity contribution in [3.8, 4) is 11.5 Å². The van der Waals surface area contributed by atoms with Gasteiger partial charge in [-0.05, 0) is 90.0 Å². The number of carbonyl (C=O) groups is 2. The first-order chi connectivity index (χ1) is 23.4. The molecule has 2 saturated heterocycles. The van der Waals surface area contributed by atoms with Crippen molar-refractivity contribution in [2.75, 3.05) is 18.1 Å². The minimum atomic E-state index is -1.73. The maximum absolute atomic E-state index is 14.1. The Hall–Kier alpha value is -5.03. The molecule has 3 N–H and O–H groups in total.